The number of fused-ring (bicyclic) bond motifs is 1. The van der Waals surface area contributed by atoms with Gasteiger partial charge in [0.1, 0.15) is 21.9 Å². The maximum absolute atomic E-state index is 10.9. The Morgan fingerprint density at radius 3 is 2.60 bits per heavy atom. The first-order valence-corrected chi connectivity index (χ1v) is 11.4. The van der Waals surface area contributed by atoms with Crippen molar-refractivity contribution in [2.24, 2.45) is 0 Å². The maximum atomic E-state index is 10.9. The monoisotopic (exact) mass is 436 g/mol. The summed E-state index contributed by atoms with van der Waals surface area (Å²) in [4.78, 5) is 20.9. The Bertz CT molecular complexity index is 1160. The van der Waals surface area contributed by atoms with Gasteiger partial charge in [-0.3, -0.25) is 0 Å². The van der Waals surface area contributed by atoms with E-state index in [2.05, 4.69) is 46.5 Å². The van der Waals surface area contributed by atoms with Gasteiger partial charge in [-0.25, -0.2) is 14.8 Å². The van der Waals surface area contributed by atoms with Crippen LogP contribution >= 0.6 is 23.1 Å². The second-order valence-corrected chi connectivity index (χ2v) is 8.70. The Kier molecular flexibility index (Phi) is 6.30. The molecule has 5 nitrogen and oxygen atoms in total. The molecule has 0 spiro atoms. The zero-order valence-corrected chi connectivity index (χ0v) is 18.0. The van der Waals surface area contributed by atoms with Gasteiger partial charge in [-0.1, -0.05) is 29.8 Å². The average molecular weight is 437 g/mol. The van der Waals surface area contributed by atoms with Crippen LogP contribution in [0.25, 0.3) is 21.3 Å². The summed E-state index contributed by atoms with van der Waals surface area (Å²) in [6.07, 6.45) is 2.47. The summed E-state index contributed by atoms with van der Waals surface area (Å²) in [6, 6.07) is 15.0. The number of ether oxygens (including phenoxy) is 1. The minimum absolute atomic E-state index is 0.255. The predicted molar refractivity (Wildman–Crippen MR) is 122 cm³/mol. The van der Waals surface area contributed by atoms with Gasteiger partial charge in [-0.2, -0.15) is 0 Å². The fourth-order valence-corrected chi connectivity index (χ4v) is 4.92. The maximum Gasteiger partial charge on any atom is 0.335 e. The average Bonchev–Trinajstić information content (AvgIpc) is 3.19. The van der Waals surface area contributed by atoms with Crippen molar-refractivity contribution in [3.05, 3.63) is 71.4 Å². The minimum atomic E-state index is -0.937. The number of hydrogen-bond acceptors (Lipinski definition) is 6. The number of carboxylic acid groups (broad SMARTS) is 1. The van der Waals surface area contributed by atoms with Gasteiger partial charge in [0.15, 0.2) is 0 Å². The summed E-state index contributed by atoms with van der Waals surface area (Å²) in [5.74, 6) is 0.601. The lowest BCUT2D eigenvalue weighted by Crippen LogP contribution is -2.00. The Balaban J connectivity index is 1.39. The second kappa shape index (κ2) is 9.28. The number of aromatic nitrogens is 2. The van der Waals surface area contributed by atoms with E-state index in [9.17, 15) is 4.79 Å². The van der Waals surface area contributed by atoms with Crippen LogP contribution in [0.15, 0.2) is 65.3 Å². The van der Waals surface area contributed by atoms with E-state index < -0.39 is 5.97 Å². The molecule has 152 valence electrons. The third-order valence-electron chi connectivity index (χ3n) is 4.60. The number of aryl methyl sites for hydroxylation is 1. The molecular weight excluding hydrogens is 416 g/mol. The van der Waals surface area contributed by atoms with Crippen LogP contribution in [-0.4, -0.2) is 33.4 Å². The Labute approximate surface area is 182 Å². The first kappa shape index (κ1) is 20.4. The van der Waals surface area contributed by atoms with Crippen molar-refractivity contribution in [1.29, 1.82) is 0 Å². The molecule has 4 rings (SSSR count). The van der Waals surface area contributed by atoms with Gasteiger partial charge in [0.2, 0.25) is 0 Å². The molecule has 0 aliphatic carbocycles. The van der Waals surface area contributed by atoms with Crippen molar-refractivity contribution in [1.82, 2.24) is 9.97 Å². The molecule has 30 heavy (non-hydrogen) atoms. The fourth-order valence-electron chi connectivity index (χ4n) is 3.01. The van der Waals surface area contributed by atoms with E-state index >= 15 is 0 Å². The van der Waals surface area contributed by atoms with Gasteiger partial charge in [-0.15, -0.1) is 23.1 Å². The van der Waals surface area contributed by atoms with E-state index in [0.29, 0.717) is 12.4 Å². The summed E-state index contributed by atoms with van der Waals surface area (Å²) in [5, 5.41) is 13.2. The molecule has 1 N–H and O–H groups in total. The molecule has 0 unspecified atom stereocenters. The molecule has 7 heteroatoms. The van der Waals surface area contributed by atoms with Crippen LogP contribution in [0.4, 0.5) is 0 Å². The highest BCUT2D eigenvalue weighted by molar-refractivity contribution is 7.99. The van der Waals surface area contributed by atoms with Gasteiger partial charge in [0.05, 0.1) is 17.6 Å². The number of thiophene rings is 1. The second-order valence-electron chi connectivity index (χ2n) is 6.75. The van der Waals surface area contributed by atoms with E-state index in [1.165, 1.54) is 16.7 Å². The van der Waals surface area contributed by atoms with E-state index in [-0.39, 0.29) is 5.56 Å². The molecule has 0 radical (unpaired) electrons. The summed E-state index contributed by atoms with van der Waals surface area (Å²) >= 11 is 3.35. The lowest BCUT2D eigenvalue weighted by atomic mass is 10.1. The molecule has 0 saturated carbocycles. The largest absolute Gasteiger partial charge is 0.494 e. The first-order chi connectivity index (χ1) is 14.6. The number of aromatic carboxylic acids is 1. The normalized spacial score (nSPS) is 11.0. The number of carboxylic acids is 1. The van der Waals surface area contributed by atoms with E-state index in [1.54, 1.807) is 53.7 Å². The SMILES string of the molecule is Cc1ccc(-c2csc3ncnc(SCCCOc4ccc(C(=O)O)cc4)c23)cc1. The summed E-state index contributed by atoms with van der Waals surface area (Å²) in [5.41, 5.74) is 3.84. The molecule has 2 aromatic carbocycles. The number of benzene rings is 2. The molecule has 0 atom stereocenters. The molecule has 0 aliphatic rings. The van der Waals surface area contributed by atoms with Crippen LogP contribution in [0.1, 0.15) is 22.3 Å². The van der Waals surface area contributed by atoms with Gasteiger partial charge < -0.3 is 9.84 Å². The smallest absolute Gasteiger partial charge is 0.335 e. The molecule has 0 bridgehead atoms. The Morgan fingerprint density at radius 2 is 1.87 bits per heavy atom. The zero-order valence-electron chi connectivity index (χ0n) is 16.4. The summed E-state index contributed by atoms with van der Waals surface area (Å²) in [7, 11) is 0. The summed E-state index contributed by atoms with van der Waals surface area (Å²) < 4.78 is 5.72. The Hall–Kier alpha value is -2.90. The van der Waals surface area contributed by atoms with Crippen molar-refractivity contribution in [3.63, 3.8) is 0 Å². The quantitative estimate of drug-likeness (QED) is 0.210. The lowest BCUT2D eigenvalue weighted by molar-refractivity contribution is 0.0697. The molecule has 2 aromatic heterocycles. The highest BCUT2D eigenvalue weighted by atomic mass is 32.2. The van der Waals surface area contributed by atoms with E-state index in [1.807, 2.05) is 0 Å². The van der Waals surface area contributed by atoms with Gasteiger partial charge in [-0.05, 0) is 43.2 Å². The number of thioether (sulfide) groups is 1. The van der Waals surface area contributed by atoms with Crippen molar-refractivity contribution >= 4 is 39.3 Å². The third kappa shape index (κ3) is 4.63. The fraction of sp³-hybridized carbons (Fsp3) is 0.174. The van der Waals surface area contributed by atoms with Crippen molar-refractivity contribution in [3.8, 4) is 16.9 Å². The number of carbonyl (C=O) groups is 1. The molecular formula is C23H20N2O3S2. The lowest BCUT2D eigenvalue weighted by Gasteiger charge is -2.07. The molecule has 4 aromatic rings. The van der Waals surface area contributed by atoms with Crippen LogP contribution < -0.4 is 4.74 Å². The Morgan fingerprint density at radius 1 is 1.10 bits per heavy atom. The molecule has 2 heterocycles. The zero-order chi connectivity index (χ0) is 20.9. The van der Waals surface area contributed by atoms with Crippen molar-refractivity contribution < 1.29 is 14.6 Å². The van der Waals surface area contributed by atoms with Gasteiger partial charge >= 0.3 is 5.97 Å². The predicted octanol–water partition coefficient (Wildman–Crippen LogP) is 5.93. The van der Waals surface area contributed by atoms with Crippen LogP contribution in [-0.2, 0) is 0 Å². The van der Waals surface area contributed by atoms with Crippen LogP contribution in [0.2, 0.25) is 0 Å². The number of nitrogens with zero attached hydrogens (tertiary/aromatic N) is 2. The minimum Gasteiger partial charge on any atom is -0.494 e. The molecule has 0 aliphatic heterocycles. The molecule has 0 saturated heterocycles. The van der Waals surface area contributed by atoms with Gasteiger partial charge in [0, 0.05) is 16.7 Å². The molecule has 0 amide bonds. The topological polar surface area (TPSA) is 72.3 Å². The van der Waals surface area contributed by atoms with Crippen molar-refractivity contribution in [2.45, 2.75) is 18.4 Å². The van der Waals surface area contributed by atoms with Gasteiger partial charge in [0.25, 0.3) is 0 Å². The number of rotatable bonds is 8. The first-order valence-electron chi connectivity index (χ1n) is 9.50. The van der Waals surface area contributed by atoms with Crippen LogP contribution in [0, 0.1) is 6.92 Å². The highest BCUT2D eigenvalue weighted by Crippen LogP contribution is 2.38. The van der Waals surface area contributed by atoms with Crippen molar-refractivity contribution in [2.75, 3.05) is 12.4 Å². The number of hydrogen-bond donors (Lipinski definition) is 1. The van der Waals surface area contributed by atoms with E-state index in [4.69, 9.17) is 9.84 Å². The van der Waals surface area contributed by atoms with E-state index in [0.717, 1.165) is 27.4 Å². The molecule has 0 fully saturated rings. The summed E-state index contributed by atoms with van der Waals surface area (Å²) in [6.45, 7) is 2.64. The highest BCUT2D eigenvalue weighted by Gasteiger charge is 2.13. The third-order valence-corrected chi connectivity index (χ3v) is 6.56. The van der Waals surface area contributed by atoms with Crippen LogP contribution in [0.3, 0.4) is 0 Å². The standard InChI is InChI=1S/C23H20N2O3S2/c1-15-3-5-16(6-4-15)19-13-30-22-20(19)21(24-14-25-22)29-12-2-11-28-18-9-7-17(8-10-18)23(26)27/h3-10,13-14H,2,11-12H2,1H3,(H,26,27). The van der Waals surface area contributed by atoms with Crippen LogP contribution in [0.5, 0.6) is 5.75 Å².